The minimum atomic E-state index is -4.54. The van der Waals surface area contributed by atoms with E-state index in [9.17, 15) is 18.0 Å². The summed E-state index contributed by atoms with van der Waals surface area (Å²) < 4.78 is 38.9. The highest BCUT2D eigenvalue weighted by molar-refractivity contribution is 6.34. The van der Waals surface area contributed by atoms with Crippen molar-refractivity contribution in [3.63, 3.8) is 0 Å². The molecule has 8 heteroatoms. The Labute approximate surface area is 154 Å². The fraction of sp³-hybridized carbons (Fsp3) is 0.278. The third-order valence-electron chi connectivity index (χ3n) is 3.39. The molecular formula is C18H19ClF3N3O. The quantitative estimate of drug-likeness (QED) is 0.638. The molecule has 3 N–H and O–H groups in total. The van der Waals surface area contributed by atoms with Crippen molar-refractivity contribution in [3.05, 3.63) is 53.1 Å². The van der Waals surface area contributed by atoms with Crippen molar-refractivity contribution in [1.29, 1.82) is 0 Å². The smallest absolute Gasteiger partial charge is 0.380 e. The number of halogens is 4. The van der Waals surface area contributed by atoms with Crippen LogP contribution in [0.1, 0.15) is 19.4 Å². The fourth-order valence-electron chi connectivity index (χ4n) is 2.32. The van der Waals surface area contributed by atoms with Crippen LogP contribution in [0, 0.1) is 0 Å². The van der Waals surface area contributed by atoms with Crippen LogP contribution in [0.15, 0.2) is 42.5 Å². The SMILES string of the molecule is CC(C)Nc1c(Cl)cccc1NCC(=O)Nc1ccccc1C(F)(F)F. The molecule has 0 saturated carbocycles. The van der Waals surface area contributed by atoms with Gasteiger partial charge < -0.3 is 16.0 Å². The van der Waals surface area contributed by atoms with Gasteiger partial charge in [-0.25, -0.2) is 0 Å². The van der Waals surface area contributed by atoms with Gasteiger partial charge in [-0.3, -0.25) is 4.79 Å². The number of hydrogen-bond donors (Lipinski definition) is 3. The average molecular weight is 386 g/mol. The Morgan fingerprint density at radius 3 is 2.38 bits per heavy atom. The van der Waals surface area contributed by atoms with Gasteiger partial charge in [-0.1, -0.05) is 29.8 Å². The highest BCUT2D eigenvalue weighted by atomic mass is 35.5. The predicted octanol–water partition coefficient (Wildman–Crippen LogP) is 5.23. The van der Waals surface area contributed by atoms with Crippen molar-refractivity contribution in [2.24, 2.45) is 0 Å². The topological polar surface area (TPSA) is 53.2 Å². The molecule has 0 spiro atoms. The zero-order valence-corrected chi connectivity index (χ0v) is 15.0. The lowest BCUT2D eigenvalue weighted by Crippen LogP contribution is -2.24. The van der Waals surface area contributed by atoms with Gasteiger partial charge in [-0.05, 0) is 38.1 Å². The average Bonchev–Trinajstić information content (AvgIpc) is 2.54. The van der Waals surface area contributed by atoms with Crippen molar-refractivity contribution in [3.8, 4) is 0 Å². The zero-order chi connectivity index (χ0) is 19.3. The molecule has 4 nitrogen and oxygen atoms in total. The zero-order valence-electron chi connectivity index (χ0n) is 14.2. The van der Waals surface area contributed by atoms with Crippen molar-refractivity contribution < 1.29 is 18.0 Å². The van der Waals surface area contributed by atoms with E-state index in [1.165, 1.54) is 18.2 Å². The molecule has 0 unspecified atom stereocenters. The van der Waals surface area contributed by atoms with Crippen LogP contribution in [-0.2, 0) is 11.0 Å². The first-order chi connectivity index (χ1) is 12.2. The van der Waals surface area contributed by atoms with E-state index in [0.29, 0.717) is 16.4 Å². The number of nitrogens with one attached hydrogen (secondary N) is 3. The van der Waals surface area contributed by atoms with Crippen LogP contribution in [0.25, 0.3) is 0 Å². The molecule has 0 aliphatic carbocycles. The molecule has 0 aliphatic rings. The van der Waals surface area contributed by atoms with Crippen LogP contribution in [0.2, 0.25) is 5.02 Å². The first-order valence-corrected chi connectivity index (χ1v) is 8.31. The van der Waals surface area contributed by atoms with Gasteiger partial charge in [-0.15, -0.1) is 0 Å². The highest BCUT2D eigenvalue weighted by Gasteiger charge is 2.33. The molecule has 140 valence electrons. The number of para-hydroxylation sites is 2. The van der Waals surface area contributed by atoms with Crippen LogP contribution >= 0.6 is 11.6 Å². The summed E-state index contributed by atoms with van der Waals surface area (Å²) in [5, 5.41) is 8.83. The van der Waals surface area contributed by atoms with E-state index < -0.39 is 17.6 Å². The molecule has 0 atom stereocenters. The Hall–Kier alpha value is -2.41. The van der Waals surface area contributed by atoms with Gasteiger partial charge in [0.1, 0.15) is 0 Å². The summed E-state index contributed by atoms with van der Waals surface area (Å²) in [7, 11) is 0. The third-order valence-corrected chi connectivity index (χ3v) is 3.71. The number of benzene rings is 2. The highest BCUT2D eigenvalue weighted by Crippen LogP contribution is 2.34. The van der Waals surface area contributed by atoms with E-state index in [2.05, 4.69) is 16.0 Å². The van der Waals surface area contributed by atoms with Crippen LogP contribution < -0.4 is 16.0 Å². The Kier molecular flexibility index (Phi) is 6.37. The van der Waals surface area contributed by atoms with Gasteiger partial charge >= 0.3 is 6.18 Å². The summed E-state index contributed by atoms with van der Waals surface area (Å²) in [6.07, 6.45) is -4.54. The maximum Gasteiger partial charge on any atom is 0.418 e. The summed E-state index contributed by atoms with van der Waals surface area (Å²) in [6, 6.07) is 10.1. The van der Waals surface area contributed by atoms with Crippen molar-refractivity contribution in [1.82, 2.24) is 0 Å². The Bertz CT molecular complexity index is 779. The number of anilines is 3. The van der Waals surface area contributed by atoms with E-state index in [1.54, 1.807) is 18.2 Å². The van der Waals surface area contributed by atoms with E-state index in [-0.39, 0.29) is 18.3 Å². The number of rotatable bonds is 6. The molecule has 0 bridgehead atoms. The largest absolute Gasteiger partial charge is 0.418 e. The van der Waals surface area contributed by atoms with E-state index in [4.69, 9.17) is 11.6 Å². The fourth-order valence-corrected chi connectivity index (χ4v) is 2.55. The van der Waals surface area contributed by atoms with Crippen molar-refractivity contribution >= 4 is 34.6 Å². The van der Waals surface area contributed by atoms with Crippen molar-refractivity contribution in [2.45, 2.75) is 26.1 Å². The third kappa shape index (κ3) is 5.29. The number of carbonyl (C=O) groups is 1. The Balaban J connectivity index is 2.08. The molecule has 0 heterocycles. The number of hydrogen-bond acceptors (Lipinski definition) is 3. The summed E-state index contributed by atoms with van der Waals surface area (Å²) in [5.74, 6) is -0.600. The number of alkyl halides is 3. The first-order valence-electron chi connectivity index (χ1n) is 7.93. The molecule has 2 aromatic carbocycles. The summed E-state index contributed by atoms with van der Waals surface area (Å²) in [6.45, 7) is 3.67. The Morgan fingerprint density at radius 2 is 1.73 bits per heavy atom. The van der Waals surface area contributed by atoms with Crippen LogP contribution in [-0.4, -0.2) is 18.5 Å². The molecule has 0 saturated heterocycles. The minimum absolute atomic E-state index is 0.114. The lowest BCUT2D eigenvalue weighted by Gasteiger charge is -2.18. The second-order valence-corrected chi connectivity index (χ2v) is 6.31. The number of carbonyl (C=O) groups excluding carboxylic acids is 1. The van der Waals surface area contributed by atoms with Gasteiger partial charge in [0.05, 0.1) is 34.2 Å². The Morgan fingerprint density at radius 1 is 1.08 bits per heavy atom. The van der Waals surface area contributed by atoms with Gasteiger partial charge in [0.25, 0.3) is 0 Å². The summed E-state index contributed by atoms with van der Waals surface area (Å²) in [4.78, 5) is 12.1. The van der Waals surface area contributed by atoms with Gasteiger partial charge in [-0.2, -0.15) is 13.2 Å². The molecule has 0 aliphatic heterocycles. The molecule has 2 aromatic rings. The van der Waals surface area contributed by atoms with E-state index in [0.717, 1.165) is 6.07 Å². The molecule has 0 aromatic heterocycles. The predicted molar refractivity (Wildman–Crippen MR) is 98.8 cm³/mol. The van der Waals surface area contributed by atoms with Crippen molar-refractivity contribution in [2.75, 3.05) is 22.5 Å². The van der Waals surface area contributed by atoms with Gasteiger partial charge in [0.15, 0.2) is 0 Å². The van der Waals surface area contributed by atoms with Gasteiger partial charge in [0, 0.05) is 6.04 Å². The molecule has 1 amide bonds. The molecule has 0 fully saturated rings. The number of amides is 1. The monoisotopic (exact) mass is 385 g/mol. The summed E-state index contributed by atoms with van der Waals surface area (Å²) >= 11 is 6.16. The second-order valence-electron chi connectivity index (χ2n) is 5.91. The van der Waals surface area contributed by atoms with Crippen LogP contribution in [0.5, 0.6) is 0 Å². The normalized spacial score (nSPS) is 11.3. The van der Waals surface area contributed by atoms with Crippen LogP contribution in [0.3, 0.4) is 0 Å². The molecule has 26 heavy (non-hydrogen) atoms. The van der Waals surface area contributed by atoms with E-state index in [1.807, 2.05) is 13.8 Å². The minimum Gasteiger partial charge on any atom is -0.380 e. The van der Waals surface area contributed by atoms with Crippen LogP contribution in [0.4, 0.5) is 30.2 Å². The lowest BCUT2D eigenvalue weighted by atomic mass is 10.1. The maximum atomic E-state index is 13.0. The molecular weight excluding hydrogens is 367 g/mol. The lowest BCUT2D eigenvalue weighted by molar-refractivity contribution is -0.137. The van der Waals surface area contributed by atoms with E-state index >= 15 is 0 Å². The maximum absolute atomic E-state index is 13.0. The summed E-state index contributed by atoms with van der Waals surface area (Å²) in [5.41, 5.74) is 0.0507. The molecule has 2 rings (SSSR count). The molecule has 0 radical (unpaired) electrons. The van der Waals surface area contributed by atoms with Gasteiger partial charge in [0.2, 0.25) is 5.91 Å². The standard InChI is InChI=1S/C18H19ClF3N3O/c1-11(2)24-17-13(19)7-5-9-15(17)23-10-16(26)25-14-8-4-3-6-12(14)18(20,21)22/h3-9,11,23-24H,10H2,1-2H3,(H,25,26). The second kappa shape index (κ2) is 8.31. The first kappa shape index (κ1) is 19.9.